The summed E-state index contributed by atoms with van der Waals surface area (Å²) in [6.07, 6.45) is -0.126. The van der Waals surface area contributed by atoms with Crippen LogP contribution in [0.5, 0.6) is 5.75 Å². The molecule has 0 saturated heterocycles. The lowest BCUT2D eigenvalue weighted by Gasteiger charge is -2.16. The zero-order valence-corrected chi connectivity index (χ0v) is 16.4. The third-order valence-electron chi connectivity index (χ3n) is 4.03. The number of carboxylic acids is 1. The number of ether oxygens (including phenoxy) is 1. The highest BCUT2D eigenvalue weighted by molar-refractivity contribution is 7.07. The van der Waals surface area contributed by atoms with Crippen LogP contribution in [0, 0.1) is 6.92 Å². The molecule has 1 atom stereocenters. The average molecular weight is 406 g/mol. The maximum atomic E-state index is 12.2. The van der Waals surface area contributed by atoms with Crippen molar-refractivity contribution in [2.24, 2.45) is 0 Å². The standard InChI is InChI=1S/C18H22N4O5S/c1-11-17(28-22-21-11)18(26)20-8-7-19-15(23)9-13(10-16(24)25)12-3-5-14(27-2)6-4-12/h3-6,13H,7-10H2,1-2H3,(H,19,23)(H,20,26)(H,24,25). The fourth-order valence-electron chi connectivity index (χ4n) is 2.59. The number of nitrogens with zero attached hydrogens (tertiary/aromatic N) is 2. The first kappa shape index (κ1) is 21.3. The predicted octanol–water partition coefficient (Wildman–Crippen LogP) is 1.35. The molecule has 150 valence electrons. The molecule has 3 N–H and O–H groups in total. The van der Waals surface area contributed by atoms with Gasteiger partial charge in [0.25, 0.3) is 5.91 Å². The Hall–Kier alpha value is -3.01. The molecule has 0 fully saturated rings. The summed E-state index contributed by atoms with van der Waals surface area (Å²) in [5.41, 5.74) is 1.31. The van der Waals surface area contributed by atoms with Gasteiger partial charge in [-0.3, -0.25) is 14.4 Å². The molecule has 9 nitrogen and oxygen atoms in total. The fraction of sp³-hybridized carbons (Fsp3) is 0.389. The van der Waals surface area contributed by atoms with Crippen molar-refractivity contribution >= 4 is 29.3 Å². The monoisotopic (exact) mass is 406 g/mol. The Bertz CT molecular complexity index is 822. The molecule has 0 aliphatic heterocycles. The van der Waals surface area contributed by atoms with Gasteiger partial charge < -0.3 is 20.5 Å². The van der Waals surface area contributed by atoms with Gasteiger partial charge >= 0.3 is 5.97 Å². The van der Waals surface area contributed by atoms with Crippen molar-refractivity contribution in [3.63, 3.8) is 0 Å². The number of benzene rings is 1. The number of hydrogen-bond donors (Lipinski definition) is 3. The number of nitrogens with one attached hydrogen (secondary N) is 2. The van der Waals surface area contributed by atoms with Gasteiger partial charge in [-0.15, -0.1) is 5.10 Å². The molecule has 2 rings (SSSR count). The summed E-state index contributed by atoms with van der Waals surface area (Å²) in [4.78, 5) is 35.7. The van der Waals surface area contributed by atoms with Gasteiger partial charge in [0.2, 0.25) is 5.91 Å². The minimum Gasteiger partial charge on any atom is -0.497 e. The highest BCUT2D eigenvalue weighted by Crippen LogP contribution is 2.25. The van der Waals surface area contributed by atoms with Crippen molar-refractivity contribution < 1.29 is 24.2 Å². The number of carbonyl (C=O) groups excluding carboxylic acids is 2. The van der Waals surface area contributed by atoms with Crippen LogP contribution in [0.3, 0.4) is 0 Å². The number of rotatable bonds is 10. The smallest absolute Gasteiger partial charge is 0.303 e. The molecule has 0 radical (unpaired) electrons. The molecule has 28 heavy (non-hydrogen) atoms. The first-order chi connectivity index (χ1) is 13.4. The van der Waals surface area contributed by atoms with Crippen LogP contribution in [0.2, 0.25) is 0 Å². The van der Waals surface area contributed by atoms with Gasteiger partial charge in [-0.2, -0.15) is 0 Å². The molecule has 0 saturated carbocycles. The van der Waals surface area contributed by atoms with E-state index in [1.807, 2.05) is 0 Å². The molecule has 0 aliphatic carbocycles. The maximum Gasteiger partial charge on any atom is 0.303 e. The van der Waals surface area contributed by atoms with Gasteiger partial charge in [-0.1, -0.05) is 16.6 Å². The lowest BCUT2D eigenvalue weighted by Crippen LogP contribution is -2.35. The number of aromatic nitrogens is 2. The van der Waals surface area contributed by atoms with Crippen molar-refractivity contribution in [3.8, 4) is 5.75 Å². The Morgan fingerprint density at radius 2 is 1.82 bits per heavy atom. The van der Waals surface area contributed by atoms with E-state index in [2.05, 4.69) is 20.2 Å². The summed E-state index contributed by atoms with van der Waals surface area (Å²) in [6.45, 7) is 2.17. The van der Waals surface area contributed by atoms with Crippen LogP contribution in [0.1, 0.15) is 39.7 Å². The second-order valence-corrected chi connectivity index (χ2v) is 6.82. The zero-order chi connectivity index (χ0) is 20.5. The lowest BCUT2D eigenvalue weighted by molar-refractivity contribution is -0.137. The maximum absolute atomic E-state index is 12.2. The van der Waals surface area contributed by atoms with E-state index in [-0.39, 0.29) is 37.7 Å². The van der Waals surface area contributed by atoms with Crippen molar-refractivity contribution in [3.05, 3.63) is 40.4 Å². The SMILES string of the molecule is COc1ccc(C(CC(=O)O)CC(=O)NCCNC(=O)c2snnc2C)cc1. The first-order valence-corrected chi connectivity index (χ1v) is 9.37. The Morgan fingerprint density at radius 3 is 2.39 bits per heavy atom. The van der Waals surface area contributed by atoms with E-state index in [0.29, 0.717) is 16.3 Å². The van der Waals surface area contributed by atoms with Crippen molar-refractivity contribution in [2.45, 2.75) is 25.7 Å². The lowest BCUT2D eigenvalue weighted by atomic mass is 9.92. The fourth-order valence-corrected chi connectivity index (χ4v) is 3.16. The summed E-state index contributed by atoms with van der Waals surface area (Å²) >= 11 is 1.01. The van der Waals surface area contributed by atoms with Gasteiger partial charge in [0, 0.05) is 25.4 Å². The predicted molar refractivity (Wildman–Crippen MR) is 103 cm³/mol. The van der Waals surface area contributed by atoms with Gasteiger partial charge in [0.05, 0.1) is 19.2 Å². The number of methoxy groups -OCH3 is 1. The van der Waals surface area contributed by atoms with Gasteiger partial charge in [-0.05, 0) is 36.2 Å². The molecule has 2 aromatic rings. The molecule has 1 aromatic carbocycles. The molecule has 0 aliphatic rings. The molecule has 0 bridgehead atoms. The van der Waals surface area contributed by atoms with Gasteiger partial charge in [0.15, 0.2) is 0 Å². The Balaban J connectivity index is 1.83. The molecule has 0 spiro atoms. The zero-order valence-electron chi connectivity index (χ0n) is 15.6. The van der Waals surface area contributed by atoms with Crippen molar-refractivity contribution in [1.29, 1.82) is 0 Å². The van der Waals surface area contributed by atoms with Crippen LogP contribution in [0.4, 0.5) is 0 Å². The molecule has 1 heterocycles. The van der Waals surface area contributed by atoms with Gasteiger partial charge in [-0.25, -0.2) is 0 Å². The molecule has 1 unspecified atom stereocenters. The summed E-state index contributed by atoms with van der Waals surface area (Å²) < 4.78 is 8.79. The van der Waals surface area contributed by atoms with Gasteiger partial charge in [0.1, 0.15) is 10.6 Å². The quantitative estimate of drug-likeness (QED) is 0.508. The number of amides is 2. The molecular formula is C18H22N4O5S. The summed E-state index contributed by atoms with van der Waals surface area (Å²) in [5, 5.41) is 18.3. The molecule has 2 amide bonds. The van der Waals surface area contributed by atoms with E-state index in [0.717, 1.165) is 17.1 Å². The third kappa shape index (κ3) is 6.31. The third-order valence-corrected chi connectivity index (χ3v) is 4.86. The Kier molecular flexibility index (Phi) is 7.88. The number of aryl methyl sites for hydroxylation is 1. The van der Waals surface area contributed by atoms with E-state index >= 15 is 0 Å². The van der Waals surface area contributed by atoms with Crippen LogP contribution >= 0.6 is 11.5 Å². The van der Waals surface area contributed by atoms with Crippen LogP contribution in [0.15, 0.2) is 24.3 Å². The Labute approximate surface area is 166 Å². The topological polar surface area (TPSA) is 131 Å². The van der Waals surface area contributed by atoms with Crippen LogP contribution < -0.4 is 15.4 Å². The van der Waals surface area contributed by atoms with E-state index in [9.17, 15) is 14.4 Å². The normalized spacial score (nSPS) is 11.5. The second kappa shape index (κ2) is 10.4. The first-order valence-electron chi connectivity index (χ1n) is 8.60. The Morgan fingerprint density at radius 1 is 1.14 bits per heavy atom. The highest BCUT2D eigenvalue weighted by Gasteiger charge is 2.19. The highest BCUT2D eigenvalue weighted by atomic mass is 32.1. The minimum absolute atomic E-state index is 0.0322. The summed E-state index contributed by atoms with van der Waals surface area (Å²) in [5.74, 6) is -1.35. The van der Waals surface area contributed by atoms with E-state index < -0.39 is 11.9 Å². The van der Waals surface area contributed by atoms with Crippen LogP contribution in [-0.4, -0.2) is 52.7 Å². The van der Waals surface area contributed by atoms with Crippen molar-refractivity contribution in [1.82, 2.24) is 20.2 Å². The minimum atomic E-state index is -0.977. The van der Waals surface area contributed by atoms with Crippen LogP contribution in [-0.2, 0) is 9.59 Å². The average Bonchev–Trinajstić information content (AvgIpc) is 3.10. The molecule has 1 aromatic heterocycles. The summed E-state index contributed by atoms with van der Waals surface area (Å²) in [6, 6.07) is 6.97. The van der Waals surface area contributed by atoms with Crippen LogP contribution in [0.25, 0.3) is 0 Å². The number of hydrogen-bond acceptors (Lipinski definition) is 7. The largest absolute Gasteiger partial charge is 0.497 e. The number of aliphatic carboxylic acids is 1. The second-order valence-electron chi connectivity index (χ2n) is 6.07. The van der Waals surface area contributed by atoms with E-state index in [1.54, 1.807) is 38.3 Å². The van der Waals surface area contributed by atoms with Crippen molar-refractivity contribution in [2.75, 3.05) is 20.2 Å². The summed E-state index contributed by atoms with van der Waals surface area (Å²) in [7, 11) is 1.54. The number of carbonyl (C=O) groups is 3. The number of carboxylic acid groups (broad SMARTS) is 1. The molecule has 10 heteroatoms. The van der Waals surface area contributed by atoms with E-state index in [1.165, 1.54) is 0 Å². The van der Waals surface area contributed by atoms with E-state index in [4.69, 9.17) is 9.84 Å². The molecular weight excluding hydrogens is 384 g/mol.